The molecule has 0 aliphatic carbocycles. The fourth-order valence-electron chi connectivity index (χ4n) is 1.81. The van der Waals surface area contributed by atoms with Crippen LogP contribution in [0.2, 0.25) is 0 Å². The van der Waals surface area contributed by atoms with Crippen molar-refractivity contribution in [3.63, 3.8) is 0 Å². The molecule has 2 aromatic carbocycles. The maximum absolute atomic E-state index is 13.1. The number of hydrogen-bond donors (Lipinski definition) is 2. The largest absolute Gasteiger partial charge is 0.399 e. The molecule has 0 radical (unpaired) electrons. The van der Waals surface area contributed by atoms with Crippen molar-refractivity contribution >= 4 is 15.7 Å². The molecule has 0 spiro atoms. The molecule has 0 bridgehead atoms. The molecule has 0 heterocycles. The SMILES string of the molecule is Cc1ccc(N)cc1S(=O)(=O)NCc1ccc(F)c(F)c1. The van der Waals surface area contributed by atoms with Crippen LogP contribution in [-0.2, 0) is 16.6 Å². The van der Waals surface area contributed by atoms with E-state index in [9.17, 15) is 17.2 Å². The molecule has 2 rings (SSSR count). The normalized spacial score (nSPS) is 11.6. The van der Waals surface area contributed by atoms with Gasteiger partial charge in [0.25, 0.3) is 0 Å². The summed E-state index contributed by atoms with van der Waals surface area (Å²) in [6.45, 7) is 1.50. The van der Waals surface area contributed by atoms with E-state index < -0.39 is 21.7 Å². The lowest BCUT2D eigenvalue weighted by molar-refractivity contribution is 0.506. The van der Waals surface area contributed by atoms with Gasteiger partial charge in [0.15, 0.2) is 11.6 Å². The van der Waals surface area contributed by atoms with Crippen LogP contribution >= 0.6 is 0 Å². The number of nitrogens with one attached hydrogen (secondary N) is 1. The third-order valence-corrected chi connectivity index (χ3v) is 4.50. The monoisotopic (exact) mass is 312 g/mol. The van der Waals surface area contributed by atoms with Crippen LogP contribution in [0.4, 0.5) is 14.5 Å². The zero-order chi connectivity index (χ0) is 15.6. The summed E-state index contributed by atoms with van der Waals surface area (Å²) in [5, 5.41) is 0. The summed E-state index contributed by atoms with van der Waals surface area (Å²) in [4.78, 5) is 0.0603. The van der Waals surface area contributed by atoms with Gasteiger partial charge in [0.2, 0.25) is 10.0 Å². The first-order valence-electron chi connectivity index (χ1n) is 6.09. The highest BCUT2D eigenvalue weighted by atomic mass is 32.2. The molecule has 112 valence electrons. The van der Waals surface area contributed by atoms with Crippen LogP contribution in [0.25, 0.3) is 0 Å². The van der Waals surface area contributed by atoms with Crippen molar-refractivity contribution < 1.29 is 17.2 Å². The third kappa shape index (κ3) is 3.56. The van der Waals surface area contributed by atoms with Crippen molar-refractivity contribution in [2.45, 2.75) is 18.4 Å². The Kier molecular flexibility index (Phi) is 4.24. The van der Waals surface area contributed by atoms with Gasteiger partial charge in [-0.3, -0.25) is 0 Å². The molecule has 0 amide bonds. The van der Waals surface area contributed by atoms with Crippen LogP contribution in [0.1, 0.15) is 11.1 Å². The Morgan fingerprint density at radius 2 is 1.81 bits per heavy atom. The molecule has 3 N–H and O–H groups in total. The van der Waals surface area contributed by atoms with Gasteiger partial charge in [-0.25, -0.2) is 21.9 Å². The first-order valence-corrected chi connectivity index (χ1v) is 7.57. The number of anilines is 1. The minimum Gasteiger partial charge on any atom is -0.399 e. The Balaban J connectivity index is 2.21. The summed E-state index contributed by atoms with van der Waals surface area (Å²) < 4.78 is 52.6. The van der Waals surface area contributed by atoms with Crippen LogP contribution in [0, 0.1) is 18.6 Å². The fraction of sp³-hybridized carbons (Fsp3) is 0.143. The second-order valence-corrected chi connectivity index (χ2v) is 6.33. The van der Waals surface area contributed by atoms with Gasteiger partial charge in [0.1, 0.15) is 0 Å². The number of nitrogen functional groups attached to an aromatic ring is 1. The van der Waals surface area contributed by atoms with Gasteiger partial charge < -0.3 is 5.73 Å². The first kappa shape index (κ1) is 15.4. The molecule has 0 aromatic heterocycles. The minimum absolute atomic E-state index is 0.0603. The van der Waals surface area contributed by atoms with Crippen LogP contribution in [0.5, 0.6) is 0 Å². The van der Waals surface area contributed by atoms with E-state index in [4.69, 9.17) is 5.73 Å². The summed E-state index contributed by atoms with van der Waals surface area (Å²) >= 11 is 0. The topological polar surface area (TPSA) is 72.2 Å². The summed E-state index contributed by atoms with van der Waals surface area (Å²) in [5.74, 6) is -2.00. The second kappa shape index (κ2) is 5.79. The molecule has 0 aliphatic heterocycles. The average Bonchev–Trinajstić information content (AvgIpc) is 2.43. The molecule has 2 aromatic rings. The van der Waals surface area contributed by atoms with E-state index in [0.29, 0.717) is 16.8 Å². The highest BCUT2D eigenvalue weighted by Gasteiger charge is 2.17. The number of rotatable bonds is 4. The molecule has 0 saturated carbocycles. The molecule has 4 nitrogen and oxygen atoms in total. The van der Waals surface area contributed by atoms with Crippen LogP contribution in [0.15, 0.2) is 41.3 Å². The smallest absolute Gasteiger partial charge is 0.241 e. The van der Waals surface area contributed by atoms with Crippen molar-refractivity contribution in [1.82, 2.24) is 4.72 Å². The lowest BCUT2D eigenvalue weighted by atomic mass is 10.2. The number of aryl methyl sites for hydroxylation is 1. The minimum atomic E-state index is -3.78. The third-order valence-electron chi connectivity index (χ3n) is 2.95. The molecule has 0 atom stereocenters. The summed E-state index contributed by atoms with van der Waals surface area (Å²) in [6.07, 6.45) is 0. The average molecular weight is 312 g/mol. The zero-order valence-corrected chi connectivity index (χ0v) is 12.0. The molecule has 0 fully saturated rings. The van der Waals surface area contributed by atoms with Crippen molar-refractivity contribution in [2.24, 2.45) is 0 Å². The lowest BCUT2D eigenvalue weighted by Gasteiger charge is -2.10. The van der Waals surface area contributed by atoms with E-state index in [-0.39, 0.29) is 11.4 Å². The van der Waals surface area contributed by atoms with Gasteiger partial charge in [0.05, 0.1) is 4.90 Å². The predicted molar refractivity (Wildman–Crippen MR) is 76.0 cm³/mol. The first-order chi connectivity index (χ1) is 9.79. The van der Waals surface area contributed by atoms with Gasteiger partial charge in [-0.05, 0) is 42.3 Å². The van der Waals surface area contributed by atoms with Gasteiger partial charge in [-0.1, -0.05) is 12.1 Å². The molecule has 0 saturated heterocycles. The van der Waals surface area contributed by atoms with Gasteiger partial charge >= 0.3 is 0 Å². The molecular weight excluding hydrogens is 298 g/mol. The van der Waals surface area contributed by atoms with Gasteiger partial charge in [-0.2, -0.15) is 0 Å². The fourth-order valence-corrected chi connectivity index (χ4v) is 3.11. The summed E-state index contributed by atoms with van der Waals surface area (Å²) in [7, 11) is -3.78. The molecule has 7 heteroatoms. The Morgan fingerprint density at radius 3 is 2.48 bits per heavy atom. The number of benzene rings is 2. The maximum Gasteiger partial charge on any atom is 0.241 e. The molecule has 21 heavy (non-hydrogen) atoms. The van der Waals surface area contributed by atoms with Gasteiger partial charge in [0, 0.05) is 12.2 Å². The van der Waals surface area contributed by atoms with E-state index in [2.05, 4.69) is 4.72 Å². The van der Waals surface area contributed by atoms with Crippen LogP contribution in [0.3, 0.4) is 0 Å². The Hall–Kier alpha value is -1.99. The molecular formula is C14H14F2N2O2S. The van der Waals surface area contributed by atoms with Crippen molar-refractivity contribution in [2.75, 3.05) is 5.73 Å². The quantitative estimate of drug-likeness (QED) is 0.851. The molecule has 0 unspecified atom stereocenters. The van der Waals surface area contributed by atoms with E-state index in [1.54, 1.807) is 19.1 Å². The highest BCUT2D eigenvalue weighted by Crippen LogP contribution is 2.18. The van der Waals surface area contributed by atoms with E-state index in [1.165, 1.54) is 12.1 Å². The van der Waals surface area contributed by atoms with Crippen molar-refractivity contribution in [3.05, 3.63) is 59.2 Å². The van der Waals surface area contributed by atoms with Crippen LogP contribution < -0.4 is 10.5 Å². The number of halogens is 2. The second-order valence-electron chi connectivity index (χ2n) is 4.60. The number of sulfonamides is 1. The Bertz CT molecular complexity index is 777. The Morgan fingerprint density at radius 1 is 1.10 bits per heavy atom. The summed E-state index contributed by atoms with van der Waals surface area (Å²) in [6, 6.07) is 7.76. The molecule has 0 aliphatic rings. The van der Waals surface area contributed by atoms with Crippen molar-refractivity contribution in [3.8, 4) is 0 Å². The standard InChI is InChI=1S/C14H14F2N2O2S/c1-9-2-4-11(17)7-14(9)21(19,20)18-8-10-3-5-12(15)13(16)6-10/h2-7,18H,8,17H2,1H3. The predicted octanol–water partition coefficient (Wildman–Crippen LogP) is 2.33. The summed E-state index contributed by atoms with van der Waals surface area (Å²) in [5.41, 5.74) is 6.77. The highest BCUT2D eigenvalue weighted by molar-refractivity contribution is 7.89. The van der Waals surface area contributed by atoms with Crippen molar-refractivity contribution in [1.29, 1.82) is 0 Å². The lowest BCUT2D eigenvalue weighted by Crippen LogP contribution is -2.24. The maximum atomic E-state index is 13.1. The van der Waals surface area contributed by atoms with E-state index in [0.717, 1.165) is 12.1 Å². The number of hydrogen-bond acceptors (Lipinski definition) is 3. The van der Waals surface area contributed by atoms with Crippen LogP contribution in [-0.4, -0.2) is 8.42 Å². The number of nitrogens with two attached hydrogens (primary N) is 1. The Labute approximate surface area is 121 Å². The van der Waals surface area contributed by atoms with E-state index >= 15 is 0 Å². The van der Waals surface area contributed by atoms with Gasteiger partial charge in [-0.15, -0.1) is 0 Å². The zero-order valence-electron chi connectivity index (χ0n) is 11.2. The van der Waals surface area contributed by atoms with E-state index in [1.807, 2.05) is 0 Å².